The van der Waals surface area contributed by atoms with Gasteiger partial charge in [0.25, 0.3) is 11.8 Å². The normalized spacial score (nSPS) is 17.8. The van der Waals surface area contributed by atoms with Crippen LogP contribution in [0.4, 0.5) is 5.82 Å². The Balaban J connectivity index is 1.27. The number of carbonyl (C=O) groups excluding carboxylic acids is 1. The van der Waals surface area contributed by atoms with Gasteiger partial charge in [-0.25, -0.2) is 15.0 Å². The minimum Gasteiger partial charge on any atom is -0.467 e. The number of morpholine rings is 1. The highest BCUT2D eigenvalue weighted by Gasteiger charge is 2.35. The molecule has 0 unspecified atom stereocenters. The molecule has 9 nitrogen and oxygen atoms in total. The summed E-state index contributed by atoms with van der Waals surface area (Å²) < 4.78 is 17.2. The molecule has 4 heterocycles. The van der Waals surface area contributed by atoms with Crippen molar-refractivity contribution in [2.75, 3.05) is 37.8 Å². The Morgan fingerprint density at radius 1 is 1.00 bits per heavy atom. The quantitative estimate of drug-likeness (QED) is 0.372. The Bertz CT molecular complexity index is 1440. The predicted molar refractivity (Wildman–Crippen MR) is 139 cm³/mol. The van der Waals surface area contributed by atoms with Gasteiger partial charge in [-0.3, -0.25) is 4.79 Å². The molecule has 2 aromatic carbocycles. The molecule has 10 heteroatoms. The molecule has 4 aromatic rings. The number of furan rings is 1. The van der Waals surface area contributed by atoms with Gasteiger partial charge in [0.15, 0.2) is 12.4 Å². The summed E-state index contributed by atoms with van der Waals surface area (Å²) >= 11 is 6.05. The molecule has 2 aromatic heterocycles. The van der Waals surface area contributed by atoms with E-state index >= 15 is 0 Å². The second-order valence-electron chi connectivity index (χ2n) is 8.76. The summed E-state index contributed by atoms with van der Waals surface area (Å²) in [4.78, 5) is 25.0. The van der Waals surface area contributed by atoms with Gasteiger partial charge in [-0.2, -0.15) is 5.10 Å². The number of hydrogen-bond donors (Lipinski definition) is 0. The van der Waals surface area contributed by atoms with Crippen molar-refractivity contribution in [1.29, 1.82) is 0 Å². The minimum atomic E-state index is -0.377. The number of hydrazone groups is 1. The van der Waals surface area contributed by atoms with Crippen molar-refractivity contribution in [3.8, 4) is 5.88 Å². The molecule has 0 N–H and O–H groups in total. The zero-order chi connectivity index (χ0) is 25.2. The number of nitrogens with zero attached hydrogens (tertiary/aromatic N) is 5. The average molecular weight is 518 g/mol. The van der Waals surface area contributed by atoms with E-state index in [9.17, 15) is 4.79 Å². The Morgan fingerprint density at radius 3 is 2.49 bits per heavy atom. The topological polar surface area (TPSA) is 93.3 Å². The van der Waals surface area contributed by atoms with E-state index in [1.165, 1.54) is 5.01 Å². The van der Waals surface area contributed by atoms with Gasteiger partial charge in [-0.05, 0) is 42.0 Å². The summed E-state index contributed by atoms with van der Waals surface area (Å²) in [5.74, 6) is 1.25. The van der Waals surface area contributed by atoms with Crippen LogP contribution >= 0.6 is 11.6 Å². The summed E-state index contributed by atoms with van der Waals surface area (Å²) in [6, 6.07) is 18.3. The van der Waals surface area contributed by atoms with Crippen LogP contribution in [-0.2, 0) is 9.53 Å². The molecule has 0 spiro atoms. The zero-order valence-electron chi connectivity index (χ0n) is 19.9. The van der Waals surface area contributed by atoms with Crippen molar-refractivity contribution >= 4 is 40.1 Å². The Morgan fingerprint density at radius 2 is 1.76 bits per heavy atom. The van der Waals surface area contributed by atoms with Crippen LogP contribution in [-0.4, -0.2) is 59.5 Å². The largest absolute Gasteiger partial charge is 0.467 e. The number of amides is 1. The van der Waals surface area contributed by atoms with Crippen LogP contribution in [0.5, 0.6) is 5.88 Å². The first-order valence-electron chi connectivity index (χ1n) is 12.1. The van der Waals surface area contributed by atoms with E-state index in [2.05, 4.69) is 15.0 Å². The number of aromatic nitrogens is 2. The standard InChI is InChI=1S/C27H24ClN5O4/c28-19-9-7-18(8-10-19)22-16-23(24-6-3-13-36-24)33(31-22)25(34)17-37-27-26(32-11-14-35-15-12-32)29-20-4-1-2-5-21(20)30-27/h1-10,13,23H,11-12,14-17H2/t23-/m0/s1. The first-order chi connectivity index (χ1) is 18.2. The third-order valence-electron chi connectivity index (χ3n) is 6.38. The molecule has 0 bridgehead atoms. The van der Waals surface area contributed by atoms with Crippen LogP contribution in [0.3, 0.4) is 0 Å². The molecule has 1 amide bonds. The van der Waals surface area contributed by atoms with E-state index in [4.69, 9.17) is 30.5 Å². The van der Waals surface area contributed by atoms with Gasteiger partial charge in [0.05, 0.1) is 36.2 Å². The van der Waals surface area contributed by atoms with Gasteiger partial charge in [0.1, 0.15) is 11.8 Å². The summed E-state index contributed by atoms with van der Waals surface area (Å²) in [6.07, 6.45) is 2.10. The maximum absolute atomic E-state index is 13.5. The molecule has 1 saturated heterocycles. The third-order valence-corrected chi connectivity index (χ3v) is 6.63. The fourth-order valence-corrected chi connectivity index (χ4v) is 4.63. The first kappa shape index (κ1) is 23.4. The van der Waals surface area contributed by atoms with E-state index in [0.717, 1.165) is 16.8 Å². The Kier molecular flexibility index (Phi) is 6.46. The van der Waals surface area contributed by atoms with E-state index in [1.807, 2.05) is 42.5 Å². The summed E-state index contributed by atoms with van der Waals surface area (Å²) in [6.45, 7) is 2.26. The molecule has 2 aliphatic rings. The molecule has 37 heavy (non-hydrogen) atoms. The third kappa shape index (κ3) is 4.87. The Hall–Kier alpha value is -3.95. The van der Waals surface area contributed by atoms with Crippen molar-refractivity contribution in [1.82, 2.24) is 15.0 Å². The van der Waals surface area contributed by atoms with Crippen molar-refractivity contribution in [2.45, 2.75) is 12.5 Å². The van der Waals surface area contributed by atoms with Crippen molar-refractivity contribution < 1.29 is 18.7 Å². The number of para-hydroxylation sites is 2. The van der Waals surface area contributed by atoms with Crippen LogP contribution in [0.2, 0.25) is 5.02 Å². The number of halogens is 1. The van der Waals surface area contributed by atoms with Gasteiger partial charge >= 0.3 is 0 Å². The molecule has 188 valence electrons. The SMILES string of the molecule is O=C(COc1nc2ccccc2nc1N1CCOCC1)N1N=C(c2ccc(Cl)cc2)C[C@H]1c1ccco1. The number of ether oxygens (including phenoxy) is 2. The molecule has 0 saturated carbocycles. The minimum absolute atomic E-state index is 0.251. The monoisotopic (exact) mass is 517 g/mol. The van der Waals surface area contributed by atoms with E-state index < -0.39 is 0 Å². The number of anilines is 1. The summed E-state index contributed by atoms with van der Waals surface area (Å²) in [7, 11) is 0. The number of rotatable bonds is 6. The second kappa shape index (κ2) is 10.2. The van der Waals surface area contributed by atoms with Gasteiger partial charge in [-0.1, -0.05) is 35.9 Å². The van der Waals surface area contributed by atoms with Gasteiger partial charge < -0.3 is 18.8 Å². The maximum Gasteiger partial charge on any atom is 0.281 e. The first-order valence-corrected chi connectivity index (χ1v) is 12.4. The molecular formula is C27H24ClN5O4. The lowest BCUT2D eigenvalue weighted by molar-refractivity contribution is -0.135. The zero-order valence-corrected chi connectivity index (χ0v) is 20.7. The van der Waals surface area contributed by atoms with Crippen molar-refractivity contribution in [2.24, 2.45) is 5.10 Å². The molecule has 2 aliphatic heterocycles. The van der Waals surface area contributed by atoms with Crippen LogP contribution in [0, 0.1) is 0 Å². The summed E-state index contributed by atoms with van der Waals surface area (Å²) in [5.41, 5.74) is 3.12. The Labute approximate surface area is 218 Å². The predicted octanol–water partition coefficient (Wildman–Crippen LogP) is 4.47. The molecule has 0 radical (unpaired) electrons. The number of benzene rings is 2. The fourth-order valence-electron chi connectivity index (χ4n) is 4.51. The van der Waals surface area contributed by atoms with Crippen LogP contribution < -0.4 is 9.64 Å². The van der Waals surface area contributed by atoms with E-state index in [-0.39, 0.29) is 18.6 Å². The van der Waals surface area contributed by atoms with Crippen molar-refractivity contribution in [3.63, 3.8) is 0 Å². The number of fused-ring (bicyclic) bond motifs is 1. The van der Waals surface area contributed by atoms with Crippen LogP contribution in [0.25, 0.3) is 11.0 Å². The maximum atomic E-state index is 13.5. The molecule has 1 fully saturated rings. The molecule has 6 rings (SSSR count). The van der Waals surface area contributed by atoms with Crippen LogP contribution in [0.15, 0.2) is 76.4 Å². The highest BCUT2D eigenvalue weighted by Crippen LogP contribution is 2.34. The van der Waals surface area contributed by atoms with Crippen molar-refractivity contribution in [3.05, 3.63) is 83.3 Å². The molecular weight excluding hydrogens is 494 g/mol. The average Bonchev–Trinajstić information content (AvgIpc) is 3.63. The molecule has 1 atom stereocenters. The fraction of sp³-hybridized carbons (Fsp3) is 0.259. The van der Waals surface area contributed by atoms with Gasteiger partial charge in [-0.15, -0.1) is 0 Å². The lowest BCUT2D eigenvalue weighted by Gasteiger charge is -2.29. The highest BCUT2D eigenvalue weighted by atomic mass is 35.5. The molecule has 0 aliphatic carbocycles. The van der Waals surface area contributed by atoms with Gasteiger partial charge in [0.2, 0.25) is 0 Å². The van der Waals surface area contributed by atoms with E-state index in [1.54, 1.807) is 24.5 Å². The number of carbonyl (C=O) groups is 1. The highest BCUT2D eigenvalue weighted by molar-refractivity contribution is 6.30. The summed E-state index contributed by atoms with van der Waals surface area (Å²) in [5, 5.41) is 6.73. The smallest absolute Gasteiger partial charge is 0.281 e. The lowest BCUT2D eigenvalue weighted by atomic mass is 10.0. The lowest BCUT2D eigenvalue weighted by Crippen LogP contribution is -2.37. The van der Waals surface area contributed by atoms with E-state index in [0.29, 0.717) is 60.7 Å². The van der Waals surface area contributed by atoms with Crippen LogP contribution in [0.1, 0.15) is 23.8 Å². The number of hydrogen-bond acceptors (Lipinski definition) is 8. The second-order valence-corrected chi connectivity index (χ2v) is 9.19. The van der Waals surface area contributed by atoms with Gasteiger partial charge in [0, 0.05) is 24.5 Å².